The van der Waals surface area contributed by atoms with E-state index in [-0.39, 0.29) is 11.7 Å². The van der Waals surface area contributed by atoms with Crippen molar-refractivity contribution in [1.82, 2.24) is 9.88 Å². The van der Waals surface area contributed by atoms with Crippen LogP contribution in [-0.2, 0) is 6.54 Å². The number of halogens is 1. The number of methoxy groups -OCH3 is 1. The summed E-state index contributed by atoms with van der Waals surface area (Å²) in [5, 5.41) is 3.12. The number of ketones is 1. The molecule has 1 heterocycles. The molecule has 0 bridgehead atoms. The van der Waals surface area contributed by atoms with Crippen LogP contribution in [0, 0.1) is 6.92 Å². The summed E-state index contributed by atoms with van der Waals surface area (Å²) in [6.07, 6.45) is 5.71. The summed E-state index contributed by atoms with van der Waals surface area (Å²) in [7, 11) is 3.17. The summed E-state index contributed by atoms with van der Waals surface area (Å²) in [5.41, 5.74) is 3.45. The van der Waals surface area contributed by atoms with Crippen molar-refractivity contribution >= 4 is 29.4 Å². The molecular formula is C24H23ClN2O3. The number of allylic oxidation sites excluding steroid dienone is 1. The van der Waals surface area contributed by atoms with E-state index in [9.17, 15) is 9.59 Å². The van der Waals surface area contributed by atoms with Crippen molar-refractivity contribution in [3.63, 3.8) is 0 Å². The van der Waals surface area contributed by atoms with Gasteiger partial charge in [-0.25, -0.2) is 0 Å². The summed E-state index contributed by atoms with van der Waals surface area (Å²) in [5.74, 6) is 0.442. The molecule has 0 saturated heterocycles. The van der Waals surface area contributed by atoms with Gasteiger partial charge in [0, 0.05) is 35.9 Å². The van der Waals surface area contributed by atoms with Crippen LogP contribution in [0.5, 0.6) is 5.75 Å². The van der Waals surface area contributed by atoms with Gasteiger partial charge in [0.2, 0.25) is 5.78 Å². The standard InChI is InChI=1S/C24H23ClN2O3/c1-16-13-22(23(28)18-7-10-20(30-3)11-8-18)27(15-16)12-4-5-17-6-9-19(25)14-21(17)24(29)26-2/h4-11,13-15H,12H2,1-3H3,(H,26,29)/b5-4+. The minimum absolute atomic E-state index is 0.0586. The molecule has 0 aliphatic rings. The first-order valence-corrected chi connectivity index (χ1v) is 9.84. The van der Waals surface area contributed by atoms with Crippen molar-refractivity contribution in [2.45, 2.75) is 13.5 Å². The number of amides is 1. The topological polar surface area (TPSA) is 60.3 Å². The van der Waals surface area contributed by atoms with Crippen LogP contribution in [0.2, 0.25) is 5.02 Å². The summed E-state index contributed by atoms with van der Waals surface area (Å²) >= 11 is 6.03. The Bertz CT molecular complexity index is 1100. The molecule has 0 unspecified atom stereocenters. The number of carbonyl (C=O) groups is 2. The molecule has 6 heteroatoms. The van der Waals surface area contributed by atoms with Gasteiger partial charge in [0.15, 0.2) is 0 Å². The average Bonchev–Trinajstić information content (AvgIpc) is 3.14. The zero-order valence-electron chi connectivity index (χ0n) is 17.1. The Morgan fingerprint density at radius 2 is 1.87 bits per heavy atom. The fourth-order valence-electron chi connectivity index (χ4n) is 3.19. The number of aryl methyl sites for hydroxylation is 1. The lowest BCUT2D eigenvalue weighted by Gasteiger charge is -2.08. The zero-order chi connectivity index (χ0) is 21.7. The molecule has 1 amide bonds. The number of ether oxygens (including phenoxy) is 1. The lowest BCUT2D eigenvalue weighted by atomic mass is 10.1. The number of hydrogen-bond donors (Lipinski definition) is 1. The van der Waals surface area contributed by atoms with Gasteiger partial charge in [-0.15, -0.1) is 0 Å². The third kappa shape index (κ3) is 4.81. The molecule has 2 aromatic carbocycles. The van der Waals surface area contributed by atoms with E-state index in [1.165, 1.54) is 0 Å². The predicted molar refractivity (Wildman–Crippen MR) is 119 cm³/mol. The highest BCUT2D eigenvalue weighted by atomic mass is 35.5. The monoisotopic (exact) mass is 422 g/mol. The molecule has 1 aromatic heterocycles. The minimum Gasteiger partial charge on any atom is -0.497 e. The smallest absolute Gasteiger partial charge is 0.251 e. The van der Waals surface area contributed by atoms with Gasteiger partial charge in [-0.05, 0) is 60.5 Å². The summed E-state index contributed by atoms with van der Waals surface area (Å²) in [4.78, 5) is 25.1. The van der Waals surface area contributed by atoms with Crippen LogP contribution >= 0.6 is 11.6 Å². The Morgan fingerprint density at radius 3 is 2.53 bits per heavy atom. The number of benzene rings is 2. The Kier molecular flexibility index (Phi) is 6.75. The first-order chi connectivity index (χ1) is 14.4. The van der Waals surface area contributed by atoms with Crippen LogP contribution in [-0.4, -0.2) is 30.4 Å². The van der Waals surface area contributed by atoms with Crippen LogP contribution in [0.25, 0.3) is 6.08 Å². The third-order valence-corrected chi connectivity index (χ3v) is 4.94. The van der Waals surface area contributed by atoms with E-state index in [2.05, 4.69) is 5.32 Å². The number of rotatable bonds is 7. The van der Waals surface area contributed by atoms with Crippen molar-refractivity contribution in [2.24, 2.45) is 0 Å². The molecule has 0 aliphatic heterocycles. The van der Waals surface area contributed by atoms with Gasteiger partial charge in [-0.3, -0.25) is 9.59 Å². The van der Waals surface area contributed by atoms with E-state index < -0.39 is 0 Å². The van der Waals surface area contributed by atoms with Crippen molar-refractivity contribution in [1.29, 1.82) is 0 Å². The summed E-state index contributed by atoms with van der Waals surface area (Å²) < 4.78 is 7.05. The van der Waals surface area contributed by atoms with E-state index >= 15 is 0 Å². The van der Waals surface area contributed by atoms with Crippen molar-refractivity contribution in [3.05, 3.63) is 93.8 Å². The van der Waals surface area contributed by atoms with E-state index in [0.717, 1.165) is 11.1 Å². The highest BCUT2D eigenvalue weighted by Gasteiger charge is 2.15. The molecule has 3 rings (SSSR count). The molecule has 0 fully saturated rings. The quantitative estimate of drug-likeness (QED) is 0.558. The number of carbonyl (C=O) groups excluding carboxylic acids is 2. The number of hydrogen-bond acceptors (Lipinski definition) is 3. The lowest BCUT2D eigenvalue weighted by molar-refractivity contribution is 0.0962. The maximum atomic E-state index is 13.0. The average molecular weight is 423 g/mol. The molecule has 5 nitrogen and oxygen atoms in total. The summed E-state index contributed by atoms with van der Waals surface area (Å²) in [6, 6.07) is 14.1. The van der Waals surface area contributed by atoms with E-state index in [1.807, 2.05) is 35.9 Å². The van der Waals surface area contributed by atoms with E-state index in [1.54, 1.807) is 56.6 Å². The maximum Gasteiger partial charge on any atom is 0.251 e. The third-order valence-electron chi connectivity index (χ3n) is 4.70. The van der Waals surface area contributed by atoms with Crippen molar-refractivity contribution in [3.8, 4) is 5.75 Å². The number of nitrogens with zero attached hydrogens (tertiary/aromatic N) is 1. The second kappa shape index (κ2) is 9.46. The summed E-state index contributed by atoms with van der Waals surface area (Å²) in [6.45, 7) is 2.44. The van der Waals surface area contributed by atoms with Crippen molar-refractivity contribution < 1.29 is 14.3 Å². The first-order valence-electron chi connectivity index (χ1n) is 9.46. The lowest BCUT2D eigenvalue weighted by Crippen LogP contribution is -2.18. The molecule has 1 N–H and O–H groups in total. The van der Waals surface area contributed by atoms with Gasteiger partial charge >= 0.3 is 0 Å². The van der Waals surface area contributed by atoms with E-state index in [0.29, 0.717) is 34.1 Å². The molecule has 30 heavy (non-hydrogen) atoms. The van der Waals surface area contributed by atoms with Gasteiger partial charge in [0.05, 0.1) is 12.8 Å². The SMILES string of the molecule is CNC(=O)c1cc(Cl)ccc1/C=C/Cn1cc(C)cc1C(=O)c1ccc(OC)cc1. The van der Waals surface area contributed by atoms with Crippen LogP contribution in [0.1, 0.15) is 37.5 Å². The normalized spacial score (nSPS) is 10.9. The Labute approximate surface area is 180 Å². The van der Waals surface area contributed by atoms with E-state index in [4.69, 9.17) is 16.3 Å². The fourth-order valence-corrected chi connectivity index (χ4v) is 3.36. The van der Waals surface area contributed by atoms with Gasteiger partial charge in [0.1, 0.15) is 5.75 Å². The molecule has 154 valence electrons. The van der Waals surface area contributed by atoms with Crippen LogP contribution in [0.4, 0.5) is 0 Å². The number of nitrogens with one attached hydrogen (secondary N) is 1. The molecule has 0 saturated carbocycles. The molecule has 0 atom stereocenters. The second-order valence-electron chi connectivity index (χ2n) is 6.83. The zero-order valence-corrected chi connectivity index (χ0v) is 17.9. The second-order valence-corrected chi connectivity index (χ2v) is 7.26. The highest BCUT2D eigenvalue weighted by molar-refractivity contribution is 6.31. The molecular weight excluding hydrogens is 400 g/mol. The van der Waals surface area contributed by atoms with Gasteiger partial charge in [-0.1, -0.05) is 29.8 Å². The van der Waals surface area contributed by atoms with Crippen LogP contribution < -0.4 is 10.1 Å². The van der Waals surface area contributed by atoms with Gasteiger partial charge in [-0.2, -0.15) is 0 Å². The highest BCUT2D eigenvalue weighted by Crippen LogP contribution is 2.19. The van der Waals surface area contributed by atoms with Gasteiger partial charge < -0.3 is 14.6 Å². The van der Waals surface area contributed by atoms with Crippen LogP contribution in [0.15, 0.2) is 60.8 Å². The largest absolute Gasteiger partial charge is 0.497 e. The fraction of sp³-hybridized carbons (Fsp3) is 0.167. The Morgan fingerprint density at radius 1 is 1.13 bits per heavy atom. The molecule has 3 aromatic rings. The maximum absolute atomic E-state index is 13.0. The molecule has 0 aliphatic carbocycles. The van der Waals surface area contributed by atoms with Crippen LogP contribution in [0.3, 0.4) is 0 Å². The van der Waals surface area contributed by atoms with Gasteiger partial charge in [0.25, 0.3) is 5.91 Å². The number of aromatic nitrogens is 1. The minimum atomic E-state index is -0.204. The van der Waals surface area contributed by atoms with Crippen molar-refractivity contribution in [2.75, 3.05) is 14.2 Å². The molecule has 0 radical (unpaired) electrons. The Balaban J connectivity index is 1.83. The Hall–Kier alpha value is -3.31. The first kappa shape index (κ1) is 21.4. The predicted octanol–water partition coefficient (Wildman–Crippen LogP) is 4.76. The molecule has 0 spiro atoms.